The normalized spacial score (nSPS) is 17.2. The first kappa shape index (κ1) is 16.0. The van der Waals surface area contributed by atoms with Gasteiger partial charge in [-0.1, -0.05) is 17.3 Å². The van der Waals surface area contributed by atoms with Gasteiger partial charge in [0.2, 0.25) is 11.8 Å². The minimum Gasteiger partial charge on any atom is -0.497 e. The SMILES string of the molecule is COc1ccc(CN2C[C@H](C(=O)Nc3nc(C)no3)CC2=O)cc1. The summed E-state index contributed by atoms with van der Waals surface area (Å²) in [4.78, 5) is 30.0. The predicted octanol–water partition coefficient (Wildman–Crippen LogP) is 1.37. The van der Waals surface area contributed by atoms with Gasteiger partial charge in [-0.25, -0.2) is 0 Å². The minimum atomic E-state index is -0.428. The first-order valence-corrected chi connectivity index (χ1v) is 7.57. The molecule has 8 nitrogen and oxygen atoms in total. The lowest BCUT2D eigenvalue weighted by Crippen LogP contribution is -2.28. The van der Waals surface area contributed by atoms with Gasteiger partial charge in [-0.2, -0.15) is 4.98 Å². The van der Waals surface area contributed by atoms with Crippen LogP contribution in [0.3, 0.4) is 0 Å². The molecule has 0 unspecified atom stereocenters. The number of aryl methyl sites for hydroxylation is 1. The average molecular weight is 330 g/mol. The second-order valence-corrected chi connectivity index (χ2v) is 5.66. The molecular weight excluding hydrogens is 312 g/mol. The first-order valence-electron chi connectivity index (χ1n) is 7.57. The number of hydrogen-bond donors (Lipinski definition) is 1. The van der Waals surface area contributed by atoms with E-state index in [9.17, 15) is 9.59 Å². The minimum absolute atomic E-state index is 0.0484. The predicted molar refractivity (Wildman–Crippen MR) is 84.2 cm³/mol. The highest BCUT2D eigenvalue weighted by Gasteiger charge is 2.34. The summed E-state index contributed by atoms with van der Waals surface area (Å²) < 4.78 is 9.98. The summed E-state index contributed by atoms with van der Waals surface area (Å²) in [5, 5.41) is 6.16. The van der Waals surface area contributed by atoms with Crippen LogP contribution in [0.1, 0.15) is 17.8 Å². The van der Waals surface area contributed by atoms with Crippen LogP contribution in [0.2, 0.25) is 0 Å². The first-order chi connectivity index (χ1) is 11.5. The zero-order chi connectivity index (χ0) is 17.1. The average Bonchev–Trinajstić information content (AvgIpc) is 3.14. The molecule has 0 bridgehead atoms. The summed E-state index contributed by atoms with van der Waals surface area (Å²) in [7, 11) is 1.60. The molecule has 1 aromatic heterocycles. The van der Waals surface area contributed by atoms with E-state index in [0.29, 0.717) is 18.9 Å². The van der Waals surface area contributed by atoms with Crippen LogP contribution in [-0.4, -0.2) is 40.5 Å². The number of methoxy groups -OCH3 is 1. The van der Waals surface area contributed by atoms with E-state index in [1.54, 1.807) is 18.9 Å². The summed E-state index contributed by atoms with van der Waals surface area (Å²) in [5.74, 6) is 0.437. The molecule has 0 aliphatic carbocycles. The van der Waals surface area contributed by atoms with Crippen molar-refractivity contribution in [3.8, 4) is 5.75 Å². The lowest BCUT2D eigenvalue weighted by Gasteiger charge is -2.16. The molecule has 1 aliphatic heterocycles. The van der Waals surface area contributed by atoms with E-state index in [4.69, 9.17) is 9.26 Å². The quantitative estimate of drug-likeness (QED) is 0.889. The number of amides is 2. The number of anilines is 1. The van der Waals surface area contributed by atoms with E-state index in [1.807, 2.05) is 24.3 Å². The highest BCUT2D eigenvalue weighted by atomic mass is 16.5. The number of nitrogens with zero attached hydrogens (tertiary/aromatic N) is 3. The number of ether oxygens (including phenoxy) is 1. The Morgan fingerprint density at radius 1 is 1.42 bits per heavy atom. The molecule has 1 saturated heterocycles. The molecule has 0 spiro atoms. The number of nitrogens with one attached hydrogen (secondary N) is 1. The van der Waals surface area contributed by atoms with Crippen molar-refractivity contribution in [2.24, 2.45) is 5.92 Å². The Balaban J connectivity index is 1.59. The molecule has 3 rings (SSSR count). The number of benzene rings is 1. The third-order valence-electron chi connectivity index (χ3n) is 3.88. The van der Waals surface area contributed by atoms with E-state index in [0.717, 1.165) is 11.3 Å². The molecule has 24 heavy (non-hydrogen) atoms. The van der Waals surface area contributed by atoms with Crippen LogP contribution in [-0.2, 0) is 16.1 Å². The third kappa shape index (κ3) is 3.53. The van der Waals surface area contributed by atoms with Gasteiger partial charge in [0.1, 0.15) is 5.75 Å². The zero-order valence-electron chi connectivity index (χ0n) is 13.5. The Bertz CT molecular complexity index is 741. The highest BCUT2D eigenvalue weighted by molar-refractivity contribution is 5.95. The Labute approximate surface area is 138 Å². The standard InChI is InChI=1S/C16H18N4O4/c1-10-17-16(24-19-10)18-15(22)12-7-14(21)20(9-12)8-11-3-5-13(23-2)6-4-11/h3-6,12H,7-9H2,1-2H3,(H,17,18,19,22)/t12-/m1/s1. The van der Waals surface area contributed by atoms with Crippen molar-refractivity contribution in [2.75, 3.05) is 19.0 Å². The van der Waals surface area contributed by atoms with Crippen molar-refractivity contribution in [2.45, 2.75) is 19.9 Å². The van der Waals surface area contributed by atoms with Crippen LogP contribution < -0.4 is 10.1 Å². The van der Waals surface area contributed by atoms with Gasteiger partial charge in [0, 0.05) is 19.5 Å². The number of likely N-dealkylation sites (tertiary alicyclic amines) is 1. The van der Waals surface area contributed by atoms with Gasteiger partial charge in [-0.3, -0.25) is 14.9 Å². The van der Waals surface area contributed by atoms with Crippen LogP contribution in [0.15, 0.2) is 28.8 Å². The summed E-state index contributed by atoms with van der Waals surface area (Å²) >= 11 is 0. The molecule has 1 aliphatic rings. The van der Waals surface area contributed by atoms with Crippen LogP contribution in [0, 0.1) is 12.8 Å². The van der Waals surface area contributed by atoms with E-state index in [-0.39, 0.29) is 24.2 Å². The molecule has 2 amide bonds. The lowest BCUT2D eigenvalue weighted by atomic mass is 10.1. The van der Waals surface area contributed by atoms with Gasteiger partial charge in [-0.15, -0.1) is 0 Å². The van der Waals surface area contributed by atoms with Crippen LogP contribution in [0.5, 0.6) is 5.75 Å². The van der Waals surface area contributed by atoms with Gasteiger partial charge in [0.15, 0.2) is 5.82 Å². The second kappa shape index (κ2) is 6.69. The van der Waals surface area contributed by atoms with Crippen molar-refractivity contribution >= 4 is 17.8 Å². The Hall–Kier alpha value is -2.90. The van der Waals surface area contributed by atoms with Gasteiger partial charge in [0.25, 0.3) is 0 Å². The zero-order valence-corrected chi connectivity index (χ0v) is 13.5. The Morgan fingerprint density at radius 3 is 2.79 bits per heavy atom. The van der Waals surface area contributed by atoms with Crippen molar-refractivity contribution < 1.29 is 18.8 Å². The van der Waals surface area contributed by atoms with Crippen molar-refractivity contribution in [1.82, 2.24) is 15.0 Å². The molecule has 1 atom stereocenters. The number of rotatable bonds is 5. The van der Waals surface area contributed by atoms with Gasteiger partial charge in [0.05, 0.1) is 13.0 Å². The fourth-order valence-corrected chi connectivity index (χ4v) is 2.61. The van der Waals surface area contributed by atoms with Crippen LogP contribution in [0.25, 0.3) is 0 Å². The number of hydrogen-bond acceptors (Lipinski definition) is 6. The number of carbonyl (C=O) groups excluding carboxylic acids is 2. The maximum atomic E-state index is 12.2. The van der Waals surface area contributed by atoms with Crippen molar-refractivity contribution in [3.63, 3.8) is 0 Å². The molecule has 1 aromatic carbocycles. The largest absolute Gasteiger partial charge is 0.497 e. The van der Waals surface area contributed by atoms with Gasteiger partial charge in [-0.05, 0) is 24.6 Å². The molecule has 2 aromatic rings. The number of aromatic nitrogens is 2. The fourth-order valence-electron chi connectivity index (χ4n) is 2.61. The fraction of sp³-hybridized carbons (Fsp3) is 0.375. The topological polar surface area (TPSA) is 97.6 Å². The highest BCUT2D eigenvalue weighted by Crippen LogP contribution is 2.22. The molecule has 2 heterocycles. The van der Waals surface area contributed by atoms with E-state index in [2.05, 4.69) is 15.5 Å². The van der Waals surface area contributed by atoms with E-state index < -0.39 is 5.92 Å². The van der Waals surface area contributed by atoms with Crippen LogP contribution >= 0.6 is 0 Å². The molecule has 126 valence electrons. The molecule has 1 N–H and O–H groups in total. The summed E-state index contributed by atoms with van der Waals surface area (Å²) in [6.45, 7) is 2.49. The molecule has 0 saturated carbocycles. The van der Waals surface area contributed by atoms with E-state index in [1.165, 1.54) is 0 Å². The smallest absolute Gasteiger partial charge is 0.328 e. The van der Waals surface area contributed by atoms with Gasteiger partial charge < -0.3 is 14.2 Å². The molecule has 0 radical (unpaired) electrons. The Morgan fingerprint density at radius 2 is 2.17 bits per heavy atom. The Kier molecular flexibility index (Phi) is 4.45. The number of carbonyl (C=O) groups is 2. The molecular formula is C16H18N4O4. The molecule has 8 heteroatoms. The monoisotopic (exact) mass is 330 g/mol. The summed E-state index contributed by atoms with van der Waals surface area (Å²) in [6.07, 6.45) is 0.176. The maximum absolute atomic E-state index is 12.2. The van der Waals surface area contributed by atoms with Crippen LogP contribution in [0.4, 0.5) is 6.01 Å². The summed E-state index contributed by atoms with van der Waals surface area (Å²) in [6, 6.07) is 7.55. The van der Waals surface area contributed by atoms with Crippen molar-refractivity contribution in [1.29, 1.82) is 0 Å². The maximum Gasteiger partial charge on any atom is 0.328 e. The third-order valence-corrected chi connectivity index (χ3v) is 3.88. The van der Waals surface area contributed by atoms with Crippen molar-refractivity contribution in [3.05, 3.63) is 35.7 Å². The lowest BCUT2D eigenvalue weighted by molar-refractivity contribution is -0.128. The van der Waals surface area contributed by atoms with E-state index >= 15 is 0 Å². The van der Waals surface area contributed by atoms with Gasteiger partial charge >= 0.3 is 6.01 Å². The summed E-state index contributed by atoms with van der Waals surface area (Å²) in [5.41, 5.74) is 0.984. The molecule has 1 fully saturated rings. The second-order valence-electron chi connectivity index (χ2n) is 5.66.